The fourth-order valence-electron chi connectivity index (χ4n) is 2.40. The lowest BCUT2D eigenvalue weighted by Gasteiger charge is -2.31. The Balaban J connectivity index is 1.91. The zero-order valence-corrected chi connectivity index (χ0v) is 11.9. The van der Waals surface area contributed by atoms with Gasteiger partial charge < -0.3 is 15.0 Å². The van der Waals surface area contributed by atoms with Gasteiger partial charge in [0.25, 0.3) is 0 Å². The molecule has 0 amide bonds. The first-order chi connectivity index (χ1) is 9.33. The fraction of sp³-hybridized carbons (Fsp3) is 0.714. The Bertz CT molecular complexity index is 377. The van der Waals surface area contributed by atoms with Gasteiger partial charge in [0.1, 0.15) is 0 Å². The molecule has 0 bridgehead atoms. The van der Waals surface area contributed by atoms with Gasteiger partial charge in [0, 0.05) is 25.4 Å². The van der Waals surface area contributed by atoms with E-state index in [-0.39, 0.29) is 0 Å². The third-order valence-electron chi connectivity index (χ3n) is 3.46. The second-order valence-corrected chi connectivity index (χ2v) is 5.03. The summed E-state index contributed by atoms with van der Waals surface area (Å²) in [6, 6.07) is 1.83. The number of nitrogens with one attached hydrogen (secondary N) is 1. The molecule has 2 heterocycles. The minimum Gasteiger partial charge on any atom is -0.478 e. The van der Waals surface area contributed by atoms with Crippen LogP contribution in [-0.2, 0) is 0 Å². The minimum absolute atomic E-state index is 0.684. The van der Waals surface area contributed by atoms with Crippen LogP contribution in [0.4, 0.5) is 5.95 Å². The Morgan fingerprint density at radius 2 is 2.21 bits per heavy atom. The lowest BCUT2D eigenvalue weighted by molar-refractivity contribution is 0.304. The van der Waals surface area contributed by atoms with Crippen LogP contribution in [0.1, 0.15) is 26.2 Å². The summed E-state index contributed by atoms with van der Waals surface area (Å²) >= 11 is 0. The monoisotopic (exact) mass is 264 g/mol. The molecule has 0 aromatic carbocycles. The Hall–Kier alpha value is -1.36. The first-order valence-corrected chi connectivity index (χ1v) is 7.19. The van der Waals surface area contributed by atoms with Crippen molar-refractivity contribution in [3.63, 3.8) is 0 Å². The van der Waals surface area contributed by atoms with Gasteiger partial charge in [-0.05, 0) is 38.8 Å². The van der Waals surface area contributed by atoms with E-state index in [9.17, 15) is 0 Å². The van der Waals surface area contributed by atoms with Crippen LogP contribution in [0.5, 0.6) is 5.88 Å². The fourth-order valence-corrected chi connectivity index (χ4v) is 2.40. The second kappa shape index (κ2) is 7.28. The van der Waals surface area contributed by atoms with Crippen LogP contribution >= 0.6 is 0 Å². The van der Waals surface area contributed by atoms with Crippen molar-refractivity contribution in [3.8, 4) is 5.88 Å². The van der Waals surface area contributed by atoms with Crippen LogP contribution in [0.3, 0.4) is 0 Å². The van der Waals surface area contributed by atoms with Gasteiger partial charge in [0.2, 0.25) is 11.8 Å². The topological polar surface area (TPSA) is 50.3 Å². The molecule has 0 saturated carbocycles. The highest BCUT2D eigenvalue weighted by Gasteiger charge is 2.20. The Labute approximate surface area is 115 Å². The summed E-state index contributed by atoms with van der Waals surface area (Å²) in [7, 11) is 2.02. The number of ether oxygens (including phenoxy) is 1. The Morgan fingerprint density at radius 3 is 2.89 bits per heavy atom. The molecular weight excluding hydrogens is 240 g/mol. The molecule has 0 aliphatic carbocycles. The highest BCUT2D eigenvalue weighted by molar-refractivity contribution is 5.32. The van der Waals surface area contributed by atoms with Crippen molar-refractivity contribution in [1.82, 2.24) is 15.3 Å². The van der Waals surface area contributed by atoms with Gasteiger partial charge in [-0.1, -0.05) is 6.92 Å². The van der Waals surface area contributed by atoms with Crippen LogP contribution in [0.2, 0.25) is 0 Å². The average molecular weight is 264 g/mol. The molecule has 5 heteroatoms. The number of hydrogen-bond acceptors (Lipinski definition) is 5. The zero-order chi connectivity index (χ0) is 13.5. The highest BCUT2D eigenvalue weighted by Crippen LogP contribution is 2.21. The van der Waals surface area contributed by atoms with E-state index in [0.717, 1.165) is 37.9 Å². The SMILES string of the molecule is CCCOc1ccnc(N2CCC(CNC)CC2)n1. The van der Waals surface area contributed by atoms with Crippen molar-refractivity contribution < 1.29 is 4.74 Å². The highest BCUT2D eigenvalue weighted by atomic mass is 16.5. The molecule has 0 atom stereocenters. The Morgan fingerprint density at radius 1 is 1.42 bits per heavy atom. The van der Waals surface area contributed by atoms with Crippen LogP contribution in [0.15, 0.2) is 12.3 Å². The summed E-state index contributed by atoms with van der Waals surface area (Å²) in [4.78, 5) is 11.1. The normalized spacial score (nSPS) is 16.6. The summed E-state index contributed by atoms with van der Waals surface area (Å²) in [5, 5.41) is 3.25. The second-order valence-electron chi connectivity index (χ2n) is 5.03. The molecule has 1 saturated heterocycles. The number of anilines is 1. The molecule has 0 radical (unpaired) electrons. The predicted octanol–water partition coefficient (Wildman–Crippen LogP) is 1.70. The van der Waals surface area contributed by atoms with Crippen molar-refractivity contribution in [2.45, 2.75) is 26.2 Å². The molecule has 1 aromatic rings. The molecule has 1 N–H and O–H groups in total. The molecule has 2 rings (SSSR count). The van der Waals surface area contributed by atoms with Gasteiger partial charge in [-0.25, -0.2) is 4.98 Å². The first-order valence-electron chi connectivity index (χ1n) is 7.19. The summed E-state index contributed by atoms with van der Waals surface area (Å²) in [5.74, 6) is 2.27. The van der Waals surface area contributed by atoms with Crippen LogP contribution in [0, 0.1) is 5.92 Å². The Kier molecular flexibility index (Phi) is 5.39. The number of hydrogen-bond donors (Lipinski definition) is 1. The van der Waals surface area contributed by atoms with Crippen LogP contribution in [-0.4, -0.2) is 43.3 Å². The molecule has 19 heavy (non-hydrogen) atoms. The van der Waals surface area contributed by atoms with E-state index in [2.05, 4.69) is 27.1 Å². The maximum atomic E-state index is 5.56. The maximum Gasteiger partial charge on any atom is 0.228 e. The van der Waals surface area contributed by atoms with Crippen molar-refractivity contribution in [3.05, 3.63) is 12.3 Å². The van der Waals surface area contributed by atoms with E-state index in [1.165, 1.54) is 12.8 Å². The smallest absolute Gasteiger partial charge is 0.228 e. The van der Waals surface area contributed by atoms with E-state index in [0.29, 0.717) is 12.5 Å². The maximum absolute atomic E-state index is 5.56. The predicted molar refractivity (Wildman–Crippen MR) is 76.7 cm³/mol. The standard InChI is InChI=1S/C14H24N4O/c1-3-10-19-13-4-7-16-14(17-13)18-8-5-12(6-9-18)11-15-2/h4,7,12,15H,3,5-6,8-11H2,1-2H3. The number of piperidine rings is 1. The molecule has 0 unspecified atom stereocenters. The zero-order valence-electron chi connectivity index (χ0n) is 11.9. The van der Waals surface area contributed by atoms with Gasteiger partial charge in [-0.15, -0.1) is 0 Å². The summed E-state index contributed by atoms with van der Waals surface area (Å²) in [5.41, 5.74) is 0. The van der Waals surface area contributed by atoms with Crippen molar-refractivity contribution in [2.24, 2.45) is 5.92 Å². The lowest BCUT2D eigenvalue weighted by atomic mass is 9.97. The van der Waals surface area contributed by atoms with Gasteiger partial charge >= 0.3 is 0 Å². The van der Waals surface area contributed by atoms with Gasteiger partial charge in [-0.3, -0.25) is 0 Å². The number of aromatic nitrogens is 2. The molecule has 1 aromatic heterocycles. The average Bonchev–Trinajstić information content (AvgIpc) is 2.46. The molecule has 1 aliphatic heterocycles. The third-order valence-corrected chi connectivity index (χ3v) is 3.46. The summed E-state index contributed by atoms with van der Waals surface area (Å²) in [6.45, 7) is 5.97. The molecule has 1 aliphatic rings. The first kappa shape index (κ1) is 14.1. The van der Waals surface area contributed by atoms with Gasteiger partial charge in [0.05, 0.1) is 6.61 Å². The summed E-state index contributed by atoms with van der Waals surface area (Å²) in [6.07, 6.45) is 5.18. The van der Waals surface area contributed by atoms with Crippen molar-refractivity contribution in [2.75, 3.05) is 38.2 Å². The van der Waals surface area contributed by atoms with Crippen LogP contribution in [0.25, 0.3) is 0 Å². The molecule has 5 nitrogen and oxygen atoms in total. The largest absolute Gasteiger partial charge is 0.478 e. The number of rotatable bonds is 6. The molecule has 106 valence electrons. The molecule has 0 spiro atoms. The van der Waals surface area contributed by atoms with E-state index in [1.807, 2.05) is 13.1 Å². The van der Waals surface area contributed by atoms with Crippen molar-refractivity contribution in [1.29, 1.82) is 0 Å². The lowest BCUT2D eigenvalue weighted by Crippen LogP contribution is -2.37. The van der Waals surface area contributed by atoms with Gasteiger partial charge in [-0.2, -0.15) is 4.98 Å². The number of nitrogens with zero attached hydrogens (tertiary/aromatic N) is 3. The van der Waals surface area contributed by atoms with Crippen LogP contribution < -0.4 is 15.0 Å². The van der Waals surface area contributed by atoms with E-state index in [1.54, 1.807) is 6.20 Å². The third kappa shape index (κ3) is 4.06. The quantitative estimate of drug-likeness (QED) is 0.847. The summed E-state index contributed by atoms with van der Waals surface area (Å²) < 4.78 is 5.56. The molecule has 1 fully saturated rings. The van der Waals surface area contributed by atoms with Gasteiger partial charge in [0.15, 0.2) is 0 Å². The van der Waals surface area contributed by atoms with E-state index < -0.39 is 0 Å². The van der Waals surface area contributed by atoms with E-state index in [4.69, 9.17) is 4.74 Å². The molecular formula is C14H24N4O. The minimum atomic E-state index is 0.684. The van der Waals surface area contributed by atoms with Crippen molar-refractivity contribution >= 4 is 5.95 Å². The van der Waals surface area contributed by atoms with E-state index >= 15 is 0 Å².